The Hall–Kier alpha value is -1.25. The van der Waals surface area contributed by atoms with Gasteiger partial charge >= 0.3 is 12.1 Å². The molecule has 0 bridgehead atoms. The second kappa shape index (κ2) is 5.81. The maximum atomic E-state index is 12.6. The summed E-state index contributed by atoms with van der Waals surface area (Å²) in [5, 5.41) is 0. The van der Waals surface area contributed by atoms with Gasteiger partial charge in [-0.25, -0.2) is 18.6 Å². The summed E-state index contributed by atoms with van der Waals surface area (Å²) in [6.45, 7) is 1.42. The molecule has 0 aliphatic rings. The largest absolute Gasteiger partial charge is 0.462 e. The molecule has 0 amide bonds. The van der Waals surface area contributed by atoms with Crippen molar-refractivity contribution in [2.24, 2.45) is 0 Å². The summed E-state index contributed by atoms with van der Waals surface area (Å²) in [5.41, 5.74) is -3.58. The fourth-order valence-electron chi connectivity index (χ4n) is 1.25. The van der Waals surface area contributed by atoms with Crippen molar-refractivity contribution >= 4 is 21.9 Å². The molecule has 19 heavy (non-hydrogen) atoms. The third-order valence-corrected chi connectivity index (χ3v) is 2.61. The van der Waals surface area contributed by atoms with Crippen LogP contribution >= 0.6 is 15.9 Å². The van der Waals surface area contributed by atoms with Crippen molar-refractivity contribution in [1.82, 2.24) is 4.98 Å². The number of ether oxygens (including phenoxy) is 1. The van der Waals surface area contributed by atoms with Crippen LogP contribution in [0.1, 0.15) is 35.0 Å². The lowest BCUT2D eigenvalue weighted by Gasteiger charge is -2.13. The summed E-state index contributed by atoms with van der Waals surface area (Å²) in [4.78, 5) is 14.4. The van der Waals surface area contributed by atoms with Crippen LogP contribution in [-0.4, -0.2) is 17.6 Å². The lowest BCUT2D eigenvalue weighted by molar-refractivity contribution is -0.143. The summed E-state index contributed by atoms with van der Waals surface area (Å²) >= 11 is 2.64. The lowest BCUT2D eigenvalue weighted by atomic mass is 10.1. The number of carbonyl (C=O) groups excluding carboxylic acids is 1. The van der Waals surface area contributed by atoms with Crippen molar-refractivity contribution in [2.45, 2.75) is 19.5 Å². The van der Waals surface area contributed by atoms with Gasteiger partial charge in [0.25, 0.3) is 6.43 Å². The van der Waals surface area contributed by atoms with Gasteiger partial charge < -0.3 is 4.74 Å². The molecule has 0 aliphatic carbocycles. The molecule has 0 spiro atoms. The number of esters is 1. The van der Waals surface area contributed by atoms with Gasteiger partial charge in [0.15, 0.2) is 5.69 Å². The number of hydrogen-bond donors (Lipinski definition) is 0. The molecular formula is C10H7BrF5NO2. The molecule has 1 rings (SSSR count). The lowest BCUT2D eigenvalue weighted by Crippen LogP contribution is -2.16. The Kier molecular flexibility index (Phi) is 4.83. The number of aromatic nitrogens is 1. The Balaban J connectivity index is 3.41. The highest BCUT2D eigenvalue weighted by Gasteiger charge is 2.39. The van der Waals surface area contributed by atoms with E-state index in [2.05, 4.69) is 25.7 Å². The number of alkyl halides is 5. The fraction of sp³-hybridized carbons (Fsp3) is 0.400. The van der Waals surface area contributed by atoms with E-state index < -0.39 is 40.0 Å². The average molecular weight is 348 g/mol. The van der Waals surface area contributed by atoms with E-state index in [9.17, 15) is 26.7 Å². The maximum Gasteiger partial charge on any atom is 0.433 e. The predicted molar refractivity (Wildman–Crippen MR) is 57.9 cm³/mol. The Labute approximate surface area is 112 Å². The summed E-state index contributed by atoms with van der Waals surface area (Å²) in [5.74, 6) is -1.03. The molecule has 0 N–H and O–H groups in total. The van der Waals surface area contributed by atoms with Crippen LogP contribution in [0.4, 0.5) is 22.0 Å². The van der Waals surface area contributed by atoms with Gasteiger partial charge in [-0.1, -0.05) is 0 Å². The molecule has 1 aromatic heterocycles. The standard InChI is InChI=1S/C10H7BrF5NO2/c1-2-19-9(18)5-3-4(8(12)13)6(10(14,15)16)17-7(5)11/h3,8H,2H2,1H3. The van der Waals surface area contributed by atoms with Crippen molar-refractivity contribution in [3.63, 3.8) is 0 Å². The SMILES string of the molecule is CCOC(=O)c1cc(C(F)F)c(C(F)(F)F)nc1Br. The van der Waals surface area contributed by atoms with Crippen molar-refractivity contribution in [1.29, 1.82) is 0 Å². The van der Waals surface area contributed by atoms with E-state index >= 15 is 0 Å². The van der Waals surface area contributed by atoms with Gasteiger partial charge in [0, 0.05) is 5.56 Å². The molecule has 0 fully saturated rings. The van der Waals surface area contributed by atoms with Crippen molar-refractivity contribution < 1.29 is 31.5 Å². The van der Waals surface area contributed by atoms with Gasteiger partial charge in [-0.05, 0) is 28.9 Å². The van der Waals surface area contributed by atoms with Crippen LogP contribution in [-0.2, 0) is 10.9 Å². The van der Waals surface area contributed by atoms with Gasteiger partial charge in [0.05, 0.1) is 12.2 Å². The van der Waals surface area contributed by atoms with E-state index in [0.717, 1.165) is 0 Å². The molecule has 0 unspecified atom stereocenters. The highest BCUT2D eigenvalue weighted by molar-refractivity contribution is 9.10. The highest BCUT2D eigenvalue weighted by atomic mass is 79.9. The number of hydrogen-bond acceptors (Lipinski definition) is 3. The zero-order valence-corrected chi connectivity index (χ0v) is 11.0. The maximum absolute atomic E-state index is 12.6. The van der Waals surface area contributed by atoms with E-state index in [-0.39, 0.29) is 6.61 Å². The predicted octanol–water partition coefficient (Wildman–Crippen LogP) is 3.98. The Morgan fingerprint density at radius 3 is 2.47 bits per heavy atom. The molecule has 3 nitrogen and oxygen atoms in total. The molecule has 1 aromatic rings. The monoisotopic (exact) mass is 347 g/mol. The summed E-state index contributed by atoms with van der Waals surface area (Å²) in [6.07, 6.45) is -8.45. The highest BCUT2D eigenvalue weighted by Crippen LogP contribution is 2.37. The first-order chi connectivity index (χ1) is 8.68. The smallest absolute Gasteiger partial charge is 0.433 e. The second-order valence-corrected chi connectivity index (χ2v) is 4.03. The van der Waals surface area contributed by atoms with Gasteiger partial charge in [-0.15, -0.1) is 0 Å². The first-order valence-corrected chi connectivity index (χ1v) is 5.70. The van der Waals surface area contributed by atoms with Crippen LogP contribution in [0.15, 0.2) is 10.7 Å². The normalized spacial score (nSPS) is 11.8. The van der Waals surface area contributed by atoms with Crippen LogP contribution in [0.2, 0.25) is 0 Å². The zero-order valence-electron chi connectivity index (χ0n) is 9.39. The topological polar surface area (TPSA) is 39.2 Å². The van der Waals surface area contributed by atoms with Crippen molar-refractivity contribution in [3.8, 4) is 0 Å². The van der Waals surface area contributed by atoms with E-state index in [0.29, 0.717) is 6.07 Å². The molecule has 9 heteroatoms. The minimum atomic E-state index is -5.04. The fourth-order valence-corrected chi connectivity index (χ4v) is 1.71. The van der Waals surface area contributed by atoms with E-state index in [1.54, 1.807) is 0 Å². The van der Waals surface area contributed by atoms with Crippen LogP contribution in [0, 0.1) is 0 Å². The summed E-state index contributed by atoms with van der Waals surface area (Å²) in [6, 6.07) is 0.433. The minimum Gasteiger partial charge on any atom is -0.462 e. The molecule has 0 atom stereocenters. The molecule has 0 saturated carbocycles. The summed E-state index contributed by atoms with van der Waals surface area (Å²) in [7, 11) is 0. The van der Waals surface area contributed by atoms with E-state index in [1.165, 1.54) is 6.92 Å². The number of carbonyl (C=O) groups is 1. The zero-order chi connectivity index (χ0) is 14.8. The minimum absolute atomic E-state index is 0.0453. The molecule has 0 radical (unpaired) electrons. The quantitative estimate of drug-likeness (QED) is 0.471. The number of rotatable bonds is 3. The number of halogens is 6. The first-order valence-electron chi connectivity index (χ1n) is 4.91. The van der Waals surface area contributed by atoms with Crippen molar-refractivity contribution in [3.05, 3.63) is 27.5 Å². The Morgan fingerprint density at radius 2 is 2.05 bits per heavy atom. The van der Waals surface area contributed by atoms with Gasteiger partial charge in [-0.3, -0.25) is 0 Å². The van der Waals surface area contributed by atoms with Crippen LogP contribution < -0.4 is 0 Å². The third kappa shape index (κ3) is 3.62. The molecule has 0 aliphatic heterocycles. The Bertz CT molecular complexity index is 490. The Morgan fingerprint density at radius 1 is 1.47 bits per heavy atom. The molecular weight excluding hydrogens is 341 g/mol. The average Bonchev–Trinajstić information content (AvgIpc) is 2.27. The second-order valence-electron chi connectivity index (χ2n) is 3.28. The molecule has 106 valence electrons. The molecule has 1 heterocycles. The third-order valence-electron chi connectivity index (χ3n) is 2.00. The number of nitrogens with zero attached hydrogens (tertiary/aromatic N) is 1. The van der Waals surface area contributed by atoms with Gasteiger partial charge in [-0.2, -0.15) is 13.2 Å². The number of pyridine rings is 1. The molecule has 0 aromatic carbocycles. The van der Waals surface area contributed by atoms with Crippen molar-refractivity contribution in [2.75, 3.05) is 6.61 Å². The van der Waals surface area contributed by atoms with E-state index in [1.807, 2.05) is 0 Å². The molecule has 0 saturated heterocycles. The first kappa shape index (κ1) is 15.8. The van der Waals surface area contributed by atoms with E-state index in [4.69, 9.17) is 0 Å². The van der Waals surface area contributed by atoms with Crippen LogP contribution in [0.25, 0.3) is 0 Å². The van der Waals surface area contributed by atoms with Gasteiger partial charge in [0.2, 0.25) is 0 Å². The summed E-state index contributed by atoms with van der Waals surface area (Å²) < 4.78 is 66.9. The van der Waals surface area contributed by atoms with Gasteiger partial charge in [0.1, 0.15) is 4.60 Å². The van der Waals surface area contributed by atoms with Crippen LogP contribution in [0.3, 0.4) is 0 Å². The van der Waals surface area contributed by atoms with Crippen LogP contribution in [0.5, 0.6) is 0 Å².